The highest BCUT2D eigenvalue weighted by Crippen LogP contribution is 2.36. The van der Waals surface area contributed by atoms with E-state index < -0.39 is 0 Å². The first-order valence-corrected chi connectivity index (χ1v) is 9.20. The summed E-state index contributed by atoms with van der Waals surface area (Å²) in [6.45, 7) is 3.79. The summed E-state index contributed by atoms with van der Waals surface area (Å²) < 4.78 is 5.99. The number of fused-ring (bicyclic) bond motifs is 1. The number of likely N-dealkylation sites (tertiary alicyclic amines) is 1. The van der Waals surface area contributed by atoms with Crippen molar-refractivity contribution < 1.29 is 9.53 Å². The molecule has 4 heterocycles. The minimum atomic E-state index is 0.00265. The number of anilines is 1. The van der Waals surface area contributed by atoms with Gasteiger partial charge in [-0.1, -0.05) is 0 Å². The molecule has 0 aliphatic carbocycles. The summed E-state index contributed by atoms with van der Waals surface area (Å²) in [5, 5.41) is 2.91. The molecular formula is C20H24N4O2. The number of nitrogens with one attached hydrogen (secondary N) is 1. The van der Waals surface area contributed by atoms with Crippen molar-refractivity contribution in [2.24, 2.45) is 11.8 Å². The molecule has 2 saturated heterocycles. The maximum absolute atomic E-state index is 12.3. The zero-order valence-electron chi connectivity index (χ0n) is 14.8. The Bertz CT molecular complexity index is 725. The molecule has 6 heteroatoms. The number of carbonyl (C=O) groups excluding carboxylic acids is 1. The van der Waals surface area contributed by atoms with Gasteiger partial charge in [0.15, 0.2) is 0 Å². The zero-order valence-corrected chi connectivity index (χ0v) is 14.8. The predicted molar refractivity (Wildman–Crippen MR) is 98.3 cm³/mol. The summed E-state index contributed by atoms with van der Waals surface area (Å²) in [6.07, 6.45) is 8.57. The number of rotatable bonds is 5. The maximum atomic E-state index is 12.3. The Balaban J connectivity index is 1.29. The predicted octanol–water partition coefficient (Wildman–Crippen LogP) is 2.34. The Labute approximate surface area is 153 Å². The van der Waals surface area contributed by atoms with Gasteiger partial charge in [0.1, 0.15) is 0 Å². The lowest BCUT2D eigenvalue weighted by molar-refractivity contribution is -0.118. The van der Waals surface area contributed by atoms with Crippen molar-refractivity contribution in [1.82, 2.24) is 14.9 Å². The smallest absolute Gasteiger partial charge is 0.227 e. The van der Waals surface area contributed by atoms with Gasteiger partial charge < -0.3 is 10.1 Å². The molecule has 0 unspecified atom stereocenters. The van der Waals surface area contributed by atoms with Crippen molar-refractivity contribution in [2.75, 3.05) is 25.0 Å². The minimum Gasteiger partial charge on any atom is -0.377 e. The molecule has 2 aliphatic heterocycles. The normalized spacial score (nSPS) is 25.6. The van der Waals surface area contributed by atoms with Crippen LogP contribution in [0.25, 0.3) is 0 Å². The summed E-state index contributed by atoms with van der Waals surface area (Å²) in [5.74, 6) is 0.994. The van der Waals surface area contributed by atoms with Gasteiger partial charge in [0.2, 0.25) is 5.91 Å². The third-order valence-corrected chi connectivity index (χ3v) is 5.37. The van der Waals surface area contributed by atoms with E-state index in [1.54, 1.807) is 12.4 Å². The van der Waals surface area contributed by atoms with E-state index in [2.05, 4.69) is 32.3 Å². The summed E-state index contributed by atoms with van der Waals surface area (Å²) >= 11 is 0. The number of carbonyl (C=O) groups is 1. The Morgan fingerprint density at radius 1 is 1.23 bits per heavy atom. The van der Waals surface area contributed by atoms with E-state index in [0.717, 1.165) is 38.3 Å². The van der Waals surface area contributed by atoms with Crippen molar-refractivity contribution in [3.05, 3.63) is 54.6 Å². The molecule has 3 atom stereocenters. The highest BCUT2D eigenvalue weighted by atomic mass is 16.5. The largest absolute Gasteiger partial charge is 0.377 e. The molecule has 26 heavy (non-hydrogen) atoms. The van der Waals surface area contributed by atoms with Crippen LogP contribution >= 0.6 is 0 Å². The highest BCUT2D eigenvalue weighted by Gasteiger charge is 2.41. The molecule has 0 spiro atoms. The topological polar surface area (TPSA) is 67.3 Å². The van der Waals surface area contributed by atoms with E-state index in [4.69, 9.17) is 4.74 Å². The fourth-order valence-corrected chi connectivity index (χ4v) is 4.09. The molecule has 0 radical (unpaired) electrons. The quantitative estimate of drug-likeness (QED) is 0.895. The number of aromatic nitrogens is 2. The van der Waals surface area contributed by atoms with Crippen molar-refractivity contribution >= 4 is 11.6 Å². The molecule has 2 fully saturated rings. The second-order valence-electron chi connectivity index (χ2n) is 7.17. The molecule has 0 aromatic carbocycles. The molecule has 2 aromatic rings. The van der Waals surface area contributed by atoms with Crippen LogP contribution in [0.5, 0.6) is 0 Å². The van der Waals surface area contributed by atoms with Crippen LogP contribution in [-0.4, -0.2) is 46.6 Å². The number of hydrogen-bond acceptors (Lipinski definition) is 5. The van der Waals surface area contributed by atoms with Gasteiger partial charge in [-0.2, -0.15) is 0 Å². The van der Waals surface area contributed by atoms with Gasteiger partial charge in [-0.25, -0.2) is 0 Å². The van der Waals surface area contributed by atoms with E-state index >= 15 is 0 Å². The first-order chi connectivity index (χ1) is 12.8. The fourth-order valence-electron chi connectivity index (χ4n) is 4.09. The van der Waals surface area contributed by atoms with Gasteiger partial charge in [0.25, 0.3) is 0 Å². The third-order valence-electron chi connectivity index (χ3n) is 5.37. The lowest BCUT2D eigenvalue weighted by atomic mass is 9.83. The van der Waals surface area contributed by atoms with E-state index in [-0.39, 0.29) is 12.0 Å². The summed E-state index contributed by atoms with van der Waals surface area (Å²) in [6, 6.07) is 7.81. The molecule has 136 valence electrons. The average molecular weight is 352 g/mol. The second-order valence-corrected chi connectivity index (χ2v) is 7.17. The van der Waals surface area contributed by atoms with Gasteiger partial charge in [0, 0.05) is 37.6 Å². The van der Waals surface area contributed by atoms with Gasteiger partial charge in [-0.3, -0.25) is 19.7 Å². The first-order valence-electron chi connectivity index (χ1n) is 9.20. The summed E-state index contributed by atoms with van der Waals surface area (Å²) in [5.41, 5.74) is 2.03. The standard InChI is InChI=1S/C20H24N4O2/c25-20(23-17-2-1-6-22-11-17)10-19-18-5-9-24(13-16(18)14-26-19)12-15-3-7-21-8-4-15/h1-4,6-8,11,16,18-19H,5,9-10,12-14H2,(H,23,25)/t16-,18-,19-/m0/s1. The van der Waals surface area contributed by atoms with Crippen molar-refractivity contribution in [2.45, 2.75) is 25.5 Å². The van der Waals surface area contributed by atoms with Crippen LogP contribution in [0.1, 0.15) is 18.4 Å². The molecule has 4 rings (SSSR count). The van der Waals surface area contributed by atoms with Gasteiger partial charge in [0.05, 0.1) is 31.0 Å². The monoisotopic (exact) mass is 352 g/mol. The first kappa shape index (κ1) is 17.1. The summed E-state index contributed by atoms with van der Waals surface area (Å²) in [4.78, 5) is 22.9. The van der Waals surface area contributed by atoms with E-state index in [1.807, 2.05) is 24.5 Å². The molecule has 1 amide bonds. The maximum Gasteiger partial charge on any atom is 0.227 e. The summed E-state index contributed by atoms with van der Waals surface area (Å²) in [7, 11) is 0. The Kier molecular flexibility index (Phi) is 5.22. The fraction of sp³-hybridized carbons (Fsp3) is 0.450. The lowest BCUT2D eigenvalue weighted by Crippen LogP contribution is -2.41. The Morgan fingerprint density at radius 2 is 2.12 bits per heavy atom. The van der Waals surface area contributed by atoms with Crippen LogP contribution in [0.3, 0.4) is 0 Å². The van der Waals surface area contributed by atoms with Crippen LogP contribution in [0.2, 0.25) is 0 Å². The van der Waals surface area contributed by atoms with E-state index in [1.165, 1.54) is 5.56 Å². The average Bonchev–Trinajstić information content (AvgIpc) is 3.05. The number of ether oxygens (including phenoxy) is 1. The number of piperidine rings is 1. The van der Waals surface area contributed by atoms with E-state index in [9.17, 15) is 4.79 Å². The Morgan fingerprint density at radius 3 is 2.92 bits per heavy atom. The number of pyridine rings is 2. The van der Waals surface area contributed by atoms with Crippen LogP contribution in [0, 0.1) is 11.8 Å². The van der Waals surface area contributed by atoms with Crippen molar-refractivity contribution in [3.8, 4) is 0 Å². The highest BCUT2D eigenvalue weighted by molar-refractivity contribution is 5.90. The van der Waals surface area contributed by atoms with Crippen LogP contribution in [-0.2, 0) is 16.1 Å². The van der Waals surface area contributed by atoms with Crippen LogP contribution in [0.4, 0.5) is 5.69 Å². The van der Waals surface area contributed by atoms with Crippen molar-refractivity contribution in [1.29, 1.82) is 0 Å². The number of hydrogen-bond donors (Lipinski definition) is 1. The second kappa shape index (κ2) is 7.93. The molecule has 6 nitrogen and oxygen atoms in total. The van der Waals surface area contributed by atoms with Crippen molar-refractivity contribution in [3.63, 3.8) is 0 Å². The SMILES string of the molecule is O=C(C[C@@H]1OC[C@@H]2CN(Cc3ccncc3)CC[C@@H]21)Nc1cccnc1. The Hall–Kier alpha value is -2.31. The number of amides is 1. The van der Waals surface area contributed by atoms with Gasteiger partial charge in [-0.15, -0.1) is 0 Å². The van der Waals surface area contributed by atoms with Crippen LogP contribution in [0.15, 0.2) is 49.1 Å². The van der Waals surface area contributed by atoms with Gasteiger partial charge in [-0.05, 0) is 48.7 Å². The molecule has 2 aromatic heterocycles. The molecule has 2 aliphatic rings. The number of nitrogens with zero attached hydrogens (tertiary/aromatic N) is 3. The van der Waals surface area contributed by atoms with E-state index in [0.29, 0.717) is 18.3 Å². The molecule has 0 saturated carbocycles. The zero-order chi connectivity index (χ0) is 17.8. The minimum absolute atomic E-state index is 0.00265. The molecule has 0 bridgehead atoms. The van der Waals surface area contributed by atoms with Crippen LogP contribution < -0.4 is 5.32 Å². The molecular weight excluding hydrogens is 328 g/mol. The van der Waals surface area contributed by atoms with Gasteiger partial charge >= 0.3 is 0 Å². The lowest BCUT2D eigenvalue weighted by Gasteiger charge is -2.35. The third kappa shape index (κ3) is 4.08. The molecule has 1 N–H and O–H groups in total.